The Hall–Kier alpha value is 1.01. The topological polar surface area (TPSA) is 54.4 Å². The van der Waals surface area contributed by atoms with Gasteiger partial charge < -0.3 is 12.0 Å². The summed E-state index contributed by atoms with van der Waals surface area (Å²) in [6, 6.07) is 0. The van der Waals surface area contributed by atoms with E-state index in [1.54, 1.807) is 0 Å². The predicted molar refractivity (Wildman–Crippen MR) is 23.3 cm³/mol. The minimum atomic E-state index is -3.92. The molecule has 0 amide bonds. The molecule has 0 aliphatic rings. The Balaban J connectivity index is -0.0000000800. The van der Waals surface area contributed by atoms with Crippen LogP contribution in [0.5, 0.6) is 0 Å². The van der Waals surface area contributed by atoms with Crippen LogP contribution in [0.4, 0.5) is 0 Å². The van der Waals surface area contributed by atoms with Gasteiger partial charge in [-0.15, -0.1) is 0 Å². The molecule has 5 heteroatoms. The van der Waals surface area contributed by atoms with E-state index in [9.17, 15) is 0 Å². The Morgan fingerprint density at radius 2 is 1.43 bits per heavy atom. The third-order valence-electron chi connectivity index (χ3n) is 0. The van der Waals surface area contributed by atoms with Crippen molar-refractivity contribution in [3.63, 3.8) is 0 Å². The smallest absolute Gasteiger partial charge is 0.131 e. The number of hydrogen-bond acceptors (Lipinski definition) is 2. The molecule has 0 aliphatic heterocycles. The maximum absolute atomic E-state index is 9.08. The molecule has 3 nitrogen and oxygen atoms in total. The average Bonchev–Trinajstić information content (AvgIpc) is 0.722. The van der Waals surface area contributed by atoms with E-state index < -0.39 is 10.1 Å². The standard InChI is InChI=1S/CH3O3S.CH3.Y/c1-5(2,3)4;;/h1H2,(H,2,3,4);1H3;/q2*-1;. The Morgan fingerprint density at radius 3 is 1.43 bits per heavy atom. The Morgan fingerprint density at radius 1 is 1.43 bits per heavy atom. The molecule has 0 spiro atoms. The monoisotopic (exact) mass is 199 g/mol. The second-order valence-corrected chi connectivity index (χ2v) is 1.75. The summed E-state index contributed by atoms with van der Waals surface area (Å²) in [6.07, 6.45) is 2.30. The minimum absolute atomic E-state index is 0. The zero-order valence-electron chi connectivity index (χ0n) is 3.96. The summed E-state index contributed by atoms with van der Waals surface area (Å²) in [5, 5.41) is 0. The molecular formula is C2H6O3SY-2. The predicted octanol–water partition coefficient (Wildman–Crippen LogP) is 0.114. The molecule has 0 bridgehead atoms. The summed E-state index contributed by atoms with van der Waals surface area (Å²) >= 11 is 0. The van der Waals surface area contributed by atoms with Crippen molar-refractivity contribution in [2.24, 2.45) is 0 Å². The van der Waals surface area contributed by atoms with E-state index in [4.69, 9.17) is 13.0 Å². The van der Waals surface area contributed by atoms with E-state index in [0.29, 0.717) is 0 Å². The van der Waals surface area contributed by atoms with Gasteiger partial charge >= 0.3 is 0 Å². The quantitative estimate of drug-likeness (QED) is 0.445. The zero-order valence-corrected chi connectivity index (χ0v) is 7.61. The van der Waals surface area contributed by atoms with E-state index in [0.717, 1.165) is 0 Å². The first kappa shape index (κ1) is 15.7. The maximum Gasteiger partial charge on any atom is 0.131 e. The first-order valence-corrected chi connectivity index (χ1v) is 2.41. The maximum atomic E-state index is 9.08. The average molecular weight is 199 g/mol. The summed E-state index contributed by atoms with van der Waals surface area (Å²) < 4.78 is 25.5. The third-order valence-corrected chi connectivity index (χ3v) is 0. The van der Waals surface area contributed by atoms with Gasteiger partial charge in [-0.25, -0.2) is 8.42 Å². The summed E-state index contributed by atoms with van der Waals surface area (Å²) in [6.45, 7) is 0. The Kier molecular flexibility index (Phi) is 11.6. The van der Waals surface area contributed by atoms with Gasteiger partial charge in [0.25, 0.3) is 0 Å². The minimum Gasteiger partial charge on any atom is -0.358 e. The van der Waals surface area contributed by atoms with Crippen molar-refractivity contribution in [1.82, 2.24) is 0 Å². The van der Waals surface area contributed by atoms with Crippen molar-refractivity contribution in [2.45, 2.75) is 0 Å². The van der Waals surface area contributed by atoms with Crippen LogP contribution in [0.25, 0.3) is 0 Å². The first-order valence-electron chi connectivity index (χ1n) is 0.805. The molecule has 43 valence electrons. The summed E-state index contributed by atoms with van der Waals surface area (Å²) in [5.41, 5.74) is 0. The van der Waals surface area contributed by atoms with E-state index >= 15 is 0 Å². The molecule has 0 aromatic carbocycles. The van der Waals surface area contributed by atoms with Crippen LogP contribution in [-0.4, -0.2) is 13.0 Å². The van der Waals surface area contributed by atoms with Crippen molar-refractivity contribution >= 4 is 10.1 Å². The SMILES string of the molecule is [CH2-]S(=O)(=O)O.[CH3-].[Y]. The van der Waals surface area contributed by atoms with Crippen LogP contribution >= 0.6 is 0 Å². The van der Waals surface area contributed by atoms with E-state index in [1.165, 1.54) is 0 Å². The van der Waals surface area contributed by atoms with Crippen LogP contribution in [0.3, 0.4) is 0 Å². The van der Waals surface area contributed by atoms with Gasteiger partial charge in [0.15, 0.2) is 0 Å². The Bertz CT molecular complexity index is 96.1. The zero-order chi connectivity index (χ0) is 4.50. The molecule has 7 heavy (non-hydrogen) atoms. The normalized spacial score (nSPS) is 8.29. The first-order chi connectivity index (χ1) is 2.00. The van der Waals surface area contributed by atoms with Gasteiger partial charge in [-0.3, -0.25) is 0 Å². The van der Waals surface area contributed by atoms with Crippen LogP contribution in [0, 0.1) is 13.7 Å². The second kappa shape index (κ2) is 5.16. The van der Waals surface area contributed by atoms with Crippen LogP contribution in [0.1, 0.15) is 0 Å². The van der Waals surface area contributed by atoms with Gasteiger partial charge in [-0.2, -0.15) is 6.26 Å². The fourth-order valence-corrected chi connectivity index (χ4v) is 0. The van der Waals surface area contributed by atoms with Crippen LogP contribution in [0.2, 0.25) is 0 Å². The molecule has 0 unspecified atom stereocenters. The van der Waals surface area contributed by atoms with Crippen molar-refractivity contribution in [1.29, 1.82) is 0 Å². The van der Waals surface area contributed by atoms with Crippen LogP contribution in [-0.2, 0) is 42.8 Å². The van der Waals surface area contributed by atoms with E-state index in [1.807, 2.05) is 0 Å². The number of hydrogen-bond donors (Lipinski definition) is 1. The molecular weight excluding hydrogens is 193 g/mol. The van der Waals surface area contributed by atoms with Gasteiger partial charge in [0, 0.05) is 32.7 Å². The molecule has 0 aromatic rings. The van der Waals surface area contributed by atoms with Gasteiger partial charge in [0.2, 0.25) is 0 Å². The largest absolute Gasteiger partial charge is 0.358 e. The van der Waals surface area contributed by atoms with Crippen LogP contribution in [0.15, 0.2) is 0 Å². The summed E-state index contributed by atoms with van der Waals surface area (Å²) in [7, 11) is -3.92. The van der Waals surface area contributed by atoms with Crippen molar-refractivity contribution in [2.75, 3.05) is 0 Å². The van der Waals surface area contributed by atoms with Gasteiger partial charge in [-0.1, -0.05) is 0 Å². The molecule has 0 heterocycles. The summed E-state index contributed by atoms with van der Waals surface area (Å²) in [4.78, 5) is 0. The van der Waals surface area contributed by atoms with Gasteiger partial charge in [0.1, 0.15) is 10.1 Å². The molecule has 0 rings (SSSR count). The fourth-order valence-electron chi connectivity index (χ4n) is 0. The molecule has 1 N–H and O–H groups in total. The van der Waals surface area contributed by atoms with Gasteiger partial charge in [0.05, 0.1) is 0 Å². The molecule has 0 aromatic heterocycles. The molecule has 0 atom stereocenters. The van der Waals surface area contributed by atoms with E-state index in [-0.39, 0.29) is 40.1 Å². The van der Waals surface area contributed by atoms with Crippen molar-refractivity contribution in [3.8, 4) is 0 Å². The fraction of sp³-hybridized carbons (Fsp3) is 0. The molecule has 1 radical (unpaired) electrons. The van der Waals surface area contributed by atoms with Crippen molar-refractivity contribution < 1.29 is 45.7 Å². The van der Waals surface area contributed by atoms with Gasteiger partial charge in [-0.05, 0) is 0 Å². The van der Waals surface area contributed by atoms with Crippen molar-refractivity contribution in [3.05, 3.63) is 13.7 Å². The Labute approximate surface area is 69.1 Å². The molecule has 0 fully saturated rings. The molecule has 0 saturated heterocycles. The van der Waals surface area contributed by atoms with Crippen LogP contribution < -0.4 is 0 Å². The molecule has 0 saturated carbocycles. The second-order valence-electron chi connectivity index (χ2n) is 0.582. The third kappa shape index (κ3) is 172. The van der Waals surface area contributed by atoms with E-state index in [2.05, 4.69) is 6.26 Å². The number of rotatable bonds is 0. The summed E-state index contributed by atoms with van der Waals surface area (Å²) in [5.74, 6) is 0. The molecule has 0 aliphatic carbocycles.